The van der Waals surface area contributed by atoms with E-state index in [1.165, 1.54) is 24.3 Å². The number of carbonyl (C=O) groups excluding carboxylic acids is 3. The van der Waals surface area contributed by atoms with Gasteiger partial charge in [0.25, 0.3) is 11.6 Å². The van der Waals surface area contributed by atoms with Crippen LogP contribution < -0.4 is 19.8 Å². The molecule has 41 heavy (non-hydrogen) atoms. The summed E-state index contributed by atoms with van der Waals surface area (Å²) in [6.45, 7) is -0.251. The molecule has 206 valence electrons. The molecule has 0 radical (unpaired) electrons. The molecule has 1 fully saturated rings. The average molecular weight is 589 g/mol. The average Bonchev–Trinajstić information content (AvgIpc) is 3.46. The fraction of sp³-hybridized carbons (Fsp3) is 0.143. The first-order chi connectivity index (χ1) is 19.8. The molecule has 0 bridgehead atoms. The maximum atomic E-state index is 13.8. The number of aromatic nitrogens is 1. The van der Waals surface area contributed by atoms with Crippen LogP contribution >= 0.6 is 23.1 Å². The Morgan fingerprint density at radius 2 is 1.76 bits per heavy atom. The molecule has 1 aromatic heterocycles. The third-order valence-electron chi connectivity index (χ3n) is 6.79. The third-order valence-corrected chi connectivity index (χ3v) is 9.19. The minimum absolute atomic E-state index is 0.161. The van der Waals surface area contributed by atoms with E-state index in [4.69, 9.17) is 4.74 Å². The van der Waals surface area contributed by atoms with Gasteiger partial charge in [-0.15, -0.1) is 0 Å². The number of nitrogens with one attached hydrogen (secondary N) is 2. The molecular formula is C28H20N4O7S2. The van der Waals surface area contributed by atoms with Gasteiger partial charge in [0.2, 0.25) is 11.8 Å². The molecule has 4 aromatic rings. The molecule has 3 heterocycles. The van der Waals surface area contributed by atoms with E-state index in [0.717, 1.165) is 28.0 Å². The van der Waals surface area contributed by atoms with Crippen LogP contribution in [0.1, 0.15) is 16.4 Å². The lowest BCUT2D eigenvalue weighted by Gasteiger charge is -2.30. The number of nitro groups is 1. The van der Waals surface area contributed by atoms with Crippen molar-refractivity contribution in [3.63, 3.8) is 0 Å². The molecule has 2 unspecified atom stereocenters. The number of rotatable bonds is 7. The largest absolute Gasteiger partial charge is 0.484 e. The number of thiazole rings is 1. The second-order valence-electron chi connectivity index (χ2n) is 9.31. The van der Waals surface area contributed by atoms with Crippen LogP contribution in [0.15, 0.2) is 88.7 Å². The Balaban J connectivity index is 1.29. The second kappa shape index (κ2) is 10.7. The maximum absolute atomic E-state index is 13.8. The highest BCUT2D eigenvalue weighted by atomic mass is 32.2. The molecule has 0 aliphatic carbocycles. The zero-order valence-electron chi connectivity index (χ0n) is 21.0. The number of fused-ring (bicyclic) bond motifs is 2. The van der Waals surface area contributed by atoms with Crippen LogP contribution in [0.3, 0.4) is 0 Å². The Bertz CT molecular complexity index is 1740. The molecule has 2 aliphatic rings. The van der Waals surface area contributed by atoms with Crippen molar-refractivity contribution < 1.29 is 24.0 Å². The second-order valence-corrected chi connectivity index (χ2v) is 11.5. The fourth-order valence-corrected chi connectivity index (χ4v) is 7.53. The number of hydrogen-bond acceptors (Lipinski definition) is 9. The van der Waals surface area contributed by atoms with Gasteiger partial charge in [-0.25, -0.2) is 4.90 Å². The molecule has 3 amide bonds. The van der Waals surface area contributed by atoms with E-state index in [0.29, 0.717) is 26.9 Å². The molecular weight excluding hydrogens is 568 g/mol. The van der Waals surface area contributed by atoms with Gasteiger partial charge in [-0.1, -0.05) is 53.4 Å². The predicted octanol–water partition coefficient (Wildman–Crippen LogP) is 4.16. The number of benzene rings is 3. The van der Waals surface area contributed by atoms with Crippen LogP contribution in [0.4, 0.5) is 17.1 Å². The zero-order valence-corrected chi connectivity index (χ0v) is 22.6. The fourth-order valence-electron chi connectivity index (χ4n) is 5.02. The van der Waals surface area contributed by atoms with Crippen LogP contribution in [0.2, 0.25) is 0 Å². The lowest BCUT2D eigenvalue weighted by atomic mass is 9.83. The van der Waals surface area contributed by atoms with Crippen molar-refractivity contribution in [1.29, 1.82) is 0 Å². The Morgan fingerprint density at radius 1 is 1.00 bits per heavy atom. The third kappa shape index (κ3) is 5.00. The molecule has 3 aromatic carbocycles. The van der Waals surface area contributed by atoms with Crippen molar-refractivity contribution in [3.05, 3.63) is 109 Å². The summed E-state index contributed by atoms with van der Waals surface area (Å²) in [7, 11) is 0. The van der Waals surface area contributed by atoms with Crippen LogP contribution in [0.5, 0.6) is 5.75 Å². The number of anilines is 2. The van der Waals surface area contributed by atoms with E-state index in [-0.39, 0.29) is 28.8 Å². The SMILES string of the molecule is O=C(COc1cccc([C@H]2c3sc(=O)[nH]c3SC3C(=O)N(c4ccc([N+](=O)[O-])cc4)C(=O)C32)c1)Nc1ccccc1. The first-order valence-electron chi connectivity index (χ1n) is 12.4. The van der Waals surface area contributed by atoms with Crippen molar-refractivity contribution in [2.24, 2.45) is 5.92 Å². The summed E-state index contributed by atoms with van der Waals surface area (Å²) >= 11 is 2.11. The number of nitrogens with zero attached hydrogens (tertiary/aromatic N) is 2. The quantitative estimate of drug-likeness (QED) is 0.186. The van der Waals surface area contributed by atoms with E-state index < -0.39 is 33.8 Å². The van der Waals surface area contributed by atoms with Gasteiger partial charge >= 0.3 is 4.87 Å². The molecule has 6 rings (SSSR count). The van der Waals surface area contributed by atoms with Crippen LogP contribution in [-0.4, -0.2) is 39.5 Å². The van der Waals surface area contributed by atoms with Gasteiger partial charge in [0.15, 0.2) is 6.61 Å². The normalized spacial score (nSPS) is 19.4. The Morgan fingerprint density at radius 3 is 2.49 bits per heavy atom. The summed E-state index contributed by atoms with van der Waals surface area (Å²) in [5.74, 6) is -2.37. The Labute approximate surface area is 240 Å². The van der Waals surface area contributed by atoms with Gasteiger partial charge in [0.1, 0.15) is 11.0 Å². The highest BCUT2D eigenvalue weighted by Crippen LogP contribution is 2.53. The Hall–Kier alpha value is -4.75. The van der Waals surface area contributed by atoms with E-state index >= 15 is 0 Å². The first-order valence-corrected chi connectivity index (χ1v) is 14.1. The lowest BCUT2D eigenvalue weighted by Crippen LogP contribution is -2.32. The molecule has 0 spiro atoms. The molecule has 3 atom stereocenters. The van der Waals surface area contributed by atoms with Gasteiger partial charge in [-0.05, 0) is 42.0 Å². The first kappa shape index (κ1) is 26.5. The molecule has 2 aliphatic heterocycles. The minimum atomic E-state index is -0.835. The molecule has 0 saturated carbocycles. The lowest BCUT2D eigenvalue weighted by molar-refractivity contribution is -0.384. The monoisotopic (exact) mass is 588 g/mol. The number of hydrogen-bond donors (Lipinski definition) is 2. The number of aromatic amines is 1. The van der Waals surface area contributed by atoms with Crippen LogP contribution in [-0.2, 0) is 14.4 Å². The predicted molar refractivity (Wildman–Crippen MR) is 153 cm³/mol. The number of para-hydroxylation sites is 1. The smallest absolute Gasteiger partial charge is 0.305 e. The summed E-state index contributed by atoms with van der Waals surface area (Å²) < 4.78 is 5.74. The maximum Gasteiger partial charge on any atom is 0.305 e. The number of imide groups is 1. The summed E-state index contributed by atoms with van der Waals surface area (Å²) in [5.41, 5.74) is 1.35. The molecule has 1 saturated heterocycles. The van der Waals surface area contributed by atoms with E-state index in [1.54, 1.807) is 48.5 Å². The van der Waals surface area contributed by atoms with Crippen molar-refractivity contribution >= 4 is 57.9 Å². The summed E-state index contributed by atoms with van der Waals surface area (Å²) in [6.07, 6.45) is 0. The Kier molecular flexibility index (Phi) is 6.89. The van der Waals surface area contributed by atoms with E-state index in [1.807, 2.05) is 6.07 Å². The summed E-state index contributed by atoms with van der Waals surface area (Å²) in [5, 5.41) is 13.5. The van der Waals surface area contributed by atoms with Gasteiger partial charge in [0.05, 0.1) is 21.6 Å². The summed E-state index contributed by atoms with van der Waals surface area (Å²) in [6, 6.07) is 21.1. The van der Waals surface area contributed by atoms with Gasteiger partial charge in [-0.2, -0.15) is 0 Å². The number of thioether (sulfide) groups is 1. The van der Waals surface area contributed by atoms with Crippen molar-refractivity contribution in [3.8, 4) is 5.75 Å². The van der Waals surface area contributed by atoms with E-state index in [2.05, 4.69) is 10.3 Å². The molecule has 2 N–H and O–H groups in total. The van der Waals surface area contributed by atoms with Crippen molar-refractivity contribution in [2.45, 2.75) is 16.2 Å². The van der Waals surface area contributed by atoms with Gasteiger partial charge < -0.3 is 15.0 Å². The van der Waals surface area contributed by atoms with Crippen molar-refractivity contribution in [1.82, 2.24) is 4.98 Å². The molecule has 13 heteroatoms. The zero-order chi connectivity index (χ0) is 28.7. The molecule has 11 nitrogen and oxygen atoms in total. The van der Waals surface area contributed by atoms with Crippen LogP contribution in [0, 0.1) is 16.0 Å². The number of H-pyrrole nitrogens is 1. The van der Waals surface area contributed by atoms with Gasteiger partial charge in [-0.3, -0.25) is 29.3 Å². The number of nitro benzene ring substituents is 1. The number of ether oxygens (including phenoxy) is 1. The minimum Gasteiger partial charge on any atom is -0.484 e. The number of non-ortho nitro benzene ring substituents is 1. The van der Waals surface area contributed by atoms with Gasteiger partial charge in [0, 0.05) is 28.6 Å². The standard InChI is InChI=1S/C28H20N4O7S2/c33-20(29-16-6-2-1-3-7-16)14-39-19-8-4-5-15(13-19)21-22-24(40-25-23(21)41-28(36)30-25)27(35)31(26(22)34)17-9-11-18(12-10-17)32(37)38/h1-13,21-22,24H,14H2,(H,29,33)(H,30,36)/t21-,22?,24?/m1/s1. The number of carbonyl (C=O) groups is 3. The highest BCUT2D eigenvalue weighted by molar-refractivity contribution is 8.00. The topological polar surface area (TPSA) is 152 Å². The summed E-state index contributed by atoms with van der Waals surface area (Å²) in [4.78, 5) is 66.8. The highest BCUT2D eigenvalue weighted by Gasteiger charge is 2.56. The number of amides is 3. The van der Waals surface area contributed by atoms with E-state index in [9.17, 15) is 29.3 Å². The van der Waals surface area contributed by atoms with Crippen LogP contribution in [0.25, 0.3) is 0 Å². The van der Waals surface area contributed by atoms with Crippen molar-refractivity contribution in [2.75, 3.05) is 16.8 Å².